The summed E-state index contributed by atoms with van der Waals surface area (Å²) in [6, 6.07) is 2.14. The van der Waals surface area contributed by atoms with Crippen LogP contribution in [-0.2, 0) is 6.54 Å². The lowest BCUT2D eigenvalue weighted by Gasteiger charge is -2.58. The first-order chi connectivity index (χ1) is 15.7. The summed E-state index contributed by atoms with van der Waals surface area (Å²) in [5.74, 6) is 4.11. The fourth-order valence-corrected chi connectivity index (χ4v) is 9.62. The lowest BCUT2D eigenvalue weighted by Crippen LogP contribution is -2.53. The molecule has 4 aliphatic carbocycles. The molecule has 1 heterocycles. The first kappa shape index (κ1) is 23.4. The Morgan fingerprint density at radius 3 is 2.67 bits per heavy atom. The first-order valence-electron chi connectivity index (χ1n) is 13.6. The Bertz CT molecular complexity index is 903. The van der Waals surface area contributed by atoms with Crippen molar-refractivity contribution in [1.29, 1.82) is 5.26 Å². The van der Waals surface area contributed by atoms with E-state index in [-0.39, 0.29) is 11.3 Å². The summed E-state index contributed by atoms with van der Waals surface area (Å²) in [5, 5.41) is 36.2. The van der Waals surface area contributed by atoms with Gasteiger partial charge in [0, 0.05) is 6.20 Å². The van der Waals surface area contributed by atoms with E-state index in [0.717, 1.165) is 55.8 Å². The monoisotopic (exact) mass is 453 g/mol. The maximum atomic E-state index is 11.7. The molecule has 1 aromatic heterocycles. The number of aliphatic hydroxyl groups is 2. The molecule has 33 heavy (non-hydrogen) atoms. The third-order valence-electron chi connectivity index (χ3n) is 10.8. The minimum atomic E-state index is -0.826. The highest BCUT2D eigenvalue weighted by molar-refractivity contribution is 5.21. The Morgan fingerprint density at radius 1 is 1.15 bits per heavy atom. The van der Waals surface area contributed by atoms with Gasteiger partial charge in [0.1, 0.15) is 6.07 Å². The summed E-state index contributed by atoms with van der Waals surface area (Å²) in [4.78, 5) is 0. The van der Waals surface area contributed by atoms with Crippen LogP contribution < -0.4 is 0 Å². The summed E-state index contributed by atoms with van der Waals surface area (Å²) in [7, 11) is 0. The van der Waals surface area contributed by atoms with Crippen LogP contribution in [0.4, 0.5) is 0 Å². The van der Waals surface area contributed by atoms with Crippen molar-refractivity contribution in [3.63, 3.8) is 0 Å². The largest absolute Gasteiger partial charge is 0.390 e. The van der Waals surface area contributed by atoms with Crippen LogP contribution in [0.3, 0.4) is 0 Å². The minimum absolute atomic E-state index is 0.181. The summed E-state index contributed by atoms with van der Waals surface area (Å²) >= 11 is 0. The van der Waals surface area contributed by atoms with Crippen molar-refractivity contribution in [2.75, 3.05) is 0 Å². The molecule has 0 unspecified atom stereocenters. The lowest BCUT2D eigenvalue weighted by molar-refractivity contribution is -0.130. The van der Waals surface area contributed by atoms with E-state index in [1.54, 1.807) is 17.1 Å². The molecule has 0 amide bonds. The summed E-state index contributed by atoms with van der Waals surface area (Å²) in [5.41, 5.74) is -0.494. The fraction of sp³-hybridized carbons (Fsp3) is 0.857. The molecular formula is C28H43N3O2. The number of nitriles is 1. The maximum Gasteiger partial charge on any atom is 0.102 e. The Balaban J connectivity index is 1.31. The average Bonchev–Trinajstić information content (AvgIpc) is 3.36. The second-order valence-corrected chi connectivity index (χ2v) is 12.7. The molecule has 0 saturated heterocycles. The highest BCUT2D eigenvalue weighted by atomic mass is 16.3. The number of hydrogen-bond acceptors (Lipinski definition) is 4. The van der Waals surface area contributed by atoms with Gasteiger partial charge in [0.2, 0.25) is 0 Å². The molecule has 4 aliphatic rings. The molecule has 5 nitrogen and oxygen atoms in total. The van der Waals surface area contributed by atoms with Gasteiger partial charge in [0.15, 0.2) is 0 Å². The first-order valence-corrected chi connectivity index (χ1v) is 13.6. The van der Waals surface area contributed by atoms with Crippen molar-refractivity contribution >= 4 is 0 Å². The second-order valence-electron chi connectivity index (χ2n) is 12.7. The SMILES string of the molecule is CCC[C@@]1(O)CC[C@H]2[C@@H](CC[C@@H]3[C@@H]2CC[C@@]2(C)[C@H]3CC[C@@H]2[C@@](C)(O)Cn2cc(C#N)cn2)C1. The van der Waals surface area contributed by atoms with Gasteiger partial charge in [-0.05, 0) is 112 Å². The number of fused-ring (bicyclic) bond motifs is 5. The summed E-state index contributed by atoms with van der Waals surface area (Å²) in [6.07, 6.45) is 16.1. The number of aromatic nitrogens is 2. The normalized spacial score (nSPS) is 44.2. The van der Waals surface area contributed by atoms with Crippen LogP contribution in [0, 0.1) is 52.3 Å². The summed E-state index contributed by atoms with van der Waals surface area (Å²) < 4.78 is 1.76. The number of hydrogen-bond donors (Lipinski definition) is 2. The van der Waals surface area contributed by atoms with Crippen LogP contribution in [-0.4, -0.2) is 31.2 Å². The van der Waals surface area contributed by atoms with Gasteiger partial charge in [-0.15, -0.1) is 0 Å². The highest BCUT2D eigenvalue weighted by Gasteiger charge is 2.60. The number of rotatable bonds is 5. The van der Waals surface area contributed by atoms with Crippen LogP contribution in [0.25, 0.3) is 0 Å². The zero-order valence-corrected chi connectivity index (χ0v) is 20.8. The molecule has 0 radical (unpaired) electrons. The van der Waals surface area contributed by atoms with Crippen LogP contribution in [0.15, 0.2) is 12.4 Å². The fourth-order valence-electron chi connectivity index (χ4n) is 9.62. The molecule has 5 rings (SSSR count). The Morgan fingerprint density at radius 2 is 1.94 bits per heavy atom. The smallest absolute Gasteiger partial charge is 0.102 e. The van der Waals surface area contributed by atoms with Gasteiger partial charge < -0.3 is 10.2 Å². The Hall–Kier alpha value is -1.38. The van der Waals surface area contributed by atoms with E-state index < -0.39 is 11.2 Å². The van der Waals surface area contributed by atoms with Crippen LogP contribution in [0.2, 0.25) is 0 Å². The van der Waals surface area contributed by atoms with Crippen molar-refractivity contribution in [3.8, 4) is 6.07 Å². The zero-order valence-electron chi connectivity index (χ0n) is 20.8. The average molecular weight is 454 g/mol. The van der Waals surface area contributed by atoms with E-state index >= 15 is 0 Å². The molecule has 182 valence electrons. The van der Waals surface area contributed by atoms with Crippen molar-refractivity contribution in [2.45, 2.75) is 109 Å². The number of nitrogens with zero attached hydrogens (tertiary/aromatic N) is 3. The molecular weight excluding hydrogens is 410 g/mol. The van der Waals surface area contributed by atoms with Crippen LogP contribution in [0.5, 0.6) is 0 Å². The Labute approximate surface area is 199 Å². The third kappa shape index (κ3) is 3.96. The molecule has 1 aromatic rings. The van der Waals surface area contributed by atoms with Gasteiger partial charge >= 0.3 is 0 Å². The van der Waals surface area contributed by atoms with Crippen LogP contribution in [0.1, 0.15) is 97.0 Å². The van der Waals surface area contributed by atoms with Crippen molar-refractivity contribution in [1.82, 2.24) is 9.78 Å². The van der Waals surface area contributed by atoms with E-state index in [9.17, 15) is 10.2 Å². The van der Waals surface area contributed by atoms with Gasteiger partial charge in [-0.3, -0.25) is 4.68 Å². The minimum Gasteiger partial charge on any atom is -0.390 e. The summed E-state index contributed by atoms with van der Waals surface area (Å²) in [6.45, 7) is 7.12. The molecule has 9 atom stereocenters. The van der Waals surface area contributed by atoms with Crippen molar-refractivity contribution < 1.29 is 10.2 Å². The van der Waals surface area contributed by atoms with Gasteiger partial charge in [-0.2, -0.15) is 10.4 Å². The van der Waals surface area contributed by atoms with Crippen molar-refractivity contribution in [3.05, 3.63) is 18.0 Å². The molecule has 5 heteroatoms. The zero-order chi connectivity index (χ0) is 23.4. The predicted molar refractivity (Wildman–Crippen MR) is 128 cm³/mol. The van der Waals surface area contributed by atoms with Crippen LogP contribution >= 0.6 is 0 Å². The van der Waals surface area contributed by atoms with Gasteiger partial charge in [0.25, 0.3) is 0 Å². The van der Waals surface area contributed by atoms with E-state index in [0.29, 0.717) is 18.0 Å². The molecule has 0 bridgehead atoms. The van der Waals surface area contributed by atoms with E-state index in [1.165, 1.54) is 38.5 Å². The van der Waals surface area contributed by atoms with Gasteiger partial charge in [-0.25, -0.2) is 0 Å². The van der Waals surface area contributed by atoms with Gasteiger partial charge in [0.05, 0.1) is 29.5 Å². The Kier molecular flexibility index (Phi) is 5.93. The van der Waals surface area contributed by atoms with Gasteiger partial charge in [-0.1, -0.05) is 20.3 Å². The quantitative estimate of drug-likeness (QED) is 0.633. The molecule has 2 N–H and O–H groups in total. The van der Waals surface area contributed by atoms with E-state index in [2.05, 4.69) is 25.0 Å². The molecule has 0 spiro atoms. The second kappa shape index (κ2) is 8.38. The molecule has 0 aromatic carbocycles. The van der Waals surface area contributed by atoms with E-state index in [1.807, 2.05) is 6.92 Å². The maximum absolute atomic E-state index is 11.7. The standard InChI is InChI=1S/C28H43N3O2/c1-4-11-28(33)13-10-21-20(14-28)5-6-23-22(21)9-12-26(2)24(23)7-8-25(26)27(3,32)18-31-17-19(15-29)16-30-31/h16-17,20-25,32-33H,4-14,18H2,1-3H3/t20-,21-,22+,23+,24-,25-,26-,27-,28+/m0/s1. The molecule has 4 saturated carbocycles. The third-order valence-corrected chi connectivity index (χ3v) is 10.8. The van der Waals surface area contributed by atoms with E-state index in [4.69, 9.17) is 5.26 Å². The molecule has 4 fully saturated rings. The lowest BCUT2D eigenvalue weighted by atomic mass is 9.48. The molecule has 0 aliphatic heterocycles. The topological polar surface area (TPSA) is 82.1 Å². The highest BCUT2D eigenvalue weighted by Crippen LogP contribution is 2.66. The van der Waals surface area contributed by atoms with Crippen molar-refractivity contribution in [2.24, 2.45) is 40.9 Å². The predicted octanol–water partition coefficient (Wildman–Crippen LogP) is 5.31.